The fraction of sp³-hybridized carbons (Fsp3) is 0.154. The first-order valence-electron chi connectivity index (χ1n) is 5.21. The van der Waals surface area contributed by atoms with Crippen molar-refractivity contribution in [1.29, 1.82) is 0 Å². The Balaban J connectivity index is 2.51. The molecule has 0 fully saturated rings. The zero-order chi connectivity index (χ0) is 13.2. The fourth-order valence-electron chi connectivity index (χ4n) is 1.64. The fourth-order valence-corrected chi connectivity index (χ4v) is 1.85. The van der Waals surface area contributed by atoms with Crippen LogP contribution >= 0.6 is 11.6 Å². The van der Waals surface area contributed by atoms with Crippen LogP contribution in [0.4, 0.5) is 13.2 Å². The van der Waals surface area contributed by atoms with E-state index >= 15 is 0 Å². The van der Waals surface area contributed by atoms with Crippen LogP contribution < -0.4 is 0 Å². The molecule has 1 aromatic heterocycles. The highest BCUT2D eigenvalue weighted by Crippen LogP contribution is 2.31. The predicted molar refractivity (Wildman–Crippen MR) is 64.2 cm³/mol. The maximum atomic E-state index is 12.5. The maximum absolute atomic E-state index is 12.5. The number of benzene rings is 1. The third kappa shape index (κ3) is 2.64. The molecule has 1 heterocycles. The SMILES string of the molecule is FC(F)(F)c1ccc(-c2ccccc2)c(CCl)n1. The van der Waals surface area contributed by atoms with Gasteiger partial charge in [0.1, 0.15) is 5.69 Å². The predicted octanol–water partition coefficient (Wildman–Crippen LogP) is 4.51. The largest absolute Gasteiger partial charge is 0.433 e. The Labute approximate surface area is 107 Å². The molecule has 5 heteroatoms. The highest BCUT2D eigenvalue weighted by atomic mass is 35.5. The van der Waals surface area contributed by atoms with Gasteiger partial charge in [-0.1, -0.05) is 36.4 Å². The molecular weight excluding hydrogens is 263 g/mol. The van der Waals surface area contributed by atoms with E-state index in [4.69, 9.17) is 11.6 Å². The van der Waals surface area contributed by atoms with Crippen LogP contribution in [0.5, 0.6) is 0 Å². The molecule has 0 unspecified atom stereocenters. The summed E-state index contributed by atoms with van der Waals surface area (Å²) in [7, 11) is 0. The van der Waals surface area contributed by atoms with E-state index in [-0.39, 0.29) is 11.6 Å². The minimum atomic E-state index is -4.45. The van der Waals surface area contributed by atoms with E-state index < -0.39 is 11.9 Å². The maximum Gasteiger partial charge on any atom is 0.433 e. The van der Waals surface area contributed by atoms with Crippen LogP contribution in [0.15, 0.2) is 42.5 Å². The number of pyridine rings is 1. The monoisotopic (exact) mass is 271 g/mol. The van der Waals surface area contributed by atoms with Crippen molar-refractivity contribution in [3.63, 3.8) is 0 Å². The summed E-state index contributed by atoms with van der Waals surface area (Å²) in [6.07, 6.45) is -4.45. The number of rotatable bonds is 2. The Morgan fingerprint density at radius 2 is 1.67 bits per heavy atom. The first kappa shape index (κ1) is 12.9. The summed E-state index contributed by atoms with van der Waals surface area (Å²) in [5.41, 5.74) is 0.739. The van der Waals surface area contributed by atoms with Gasteiger partial charge in [-0.2, -0.15) is 13.2 Å². The van der Waals surface area contributed by atoms with Crippen molar-refractivity contribution in [2.75, 3.05) is 0 Å². The first-order chi connectivity index (χ1) is 8.52. The summed E-state index contributed by atoms with van der Waals surface area (Å²) in [6, 6.07) is 11.4. The highest BCUT2D eigenvalue weighted by molar-refractivity contribution is 6.17. The third-order valence-electron chi connectivity index (χ3n) is 2.48. The second kappa shape index (κ2) is 4.98. The molecular formula is C13H9ClF3N. The molecule has 0 saturated heterocycles. The van der Waals surface area contributed by atoms with Gasteiger partial charge in [-0.05, 0) is 11.6 Å². The van der Waals surface area contributed by atoms with Gasteiger partial charge in [0.2, 0.25) is 0 Å². The number of nitrogens with zero attached hydrogens (tertiary/aromatic N) is 1. The van der Waals surface area contributed by atoms with Crippen molar-refractivity contribution >= 4 is 11.6 Å². The topological polar surface area (TPSA) is 12.9 Å². The van der Waals surface area contributed by atoms with E-state index in [1.807, 2.05) is 18.2 Å². The molecule has 94 valence electrons. The lowest BCUT2D eigenvalue weighted by molar-refractivity contribution is -0.141. The molecule has 0 bridgehead atoms. The lowest BCUT2D eigenvalue weighted by Crippen LogP contribution is -2.09. The van der Waals surface area contributed by atoms with Gasteiger partial charge in [-0.3, -0.25) is 0 Å². The van der Waals surface area contributed by atoms with Crippen molar-refractivity contribution in [3.8, 4) is 11.1 Å². The van der Waals surface area contributed by atoms with Gasteiger partial charge >= 0.3 is 6.18 Å². The van der Waals surface area contributed by atoms with E-state index in [2.05, 4.69) is 4.98 Å². The molecule has 0 amide bonds. The Kier molecular flexibility index (Phi) is 3.57. The molecule has 1 nitrogen and oxygen atoms in total. The molecule has 0 aliphatic heterocycles. The van der Waals surface area contributed by atoms with E-state index in [0.29, 0.717) is 5.56 Å². The second-order valence-electron chi connectivity index (χ2n) is 3.69. The minimum Gasteiger partial charge on any atom is -0.246 e. The zero-order valence-electron chi connectivity index (χ0n) is 9.21. The Bertz CT molecular complexity index is 538. The van der Waals surface area contributed by atoms with Gasteiger partial charge in [0.05, 0.1) is 11.6 Å². The van der Waals surface area contributed by atoms with Gasteiger partial charge in [-0.15, -0.1) is 11.6 Å². The molecule has 1 aromatic carbocycles. The molecule has 2 rings (SSSR count). The van der Waals surface area contributed by atoms with Crippen molar-refractivity contribution in [3.05, 3.63) is 53.9 Å². The zero-order valence-corrected chi connectivity index (χ0v) is 9.96. The third-order valence-corrected chi connectivity index (χ3v) is 2.73. The van der Waals surface area contributed by atoms with Crippen LogP contribution in [0.2, 0.25) is 0 Å². The first-order valence-corrected chi connectivity index (χ1v) is 5.74. The molecule has 2 aromatic rings. The van der Waals surface area contributed by atoms with Crippen molar-refractivity contribution in [2.24, 2.45) is 0 Å². The van der Waals surface area contributed by atoms with Gasteiger partial charge in [0.25, 0.3) is 0 Å². The van der Waals surface area contributed by atoms with Gasteiger partial charge in [-0.25, -0.2) is 4.98 Å². The number of aromatic nitrogens is 1. The second-order valence-corrected chi connectivity index (χ2v) is 3.96. The quantitative estimate of drug-likeness (QED) is 0.733. The van der Waals surface area contributed by atoms with Gasteiger partial charge < -0.3 is 0 Å². The van der Waals surface area contributed by atoms with E-state index in [9.17, 15) is 13.2 Å². The van der Waals surface area contributed by atoms with Crippen molar-refractivity contribution < 1.29 is 13.2 Å². The van der Waals surface area contributed by atoms with Crippen molar-refractivity contribution in [2.45, 2.75) is 12.1 Å². The van der Waals surface area contributed by atoms with Crippen LogP contribution in [-0.2, 0) is 12.1 Å². The summed E-state index contributed by atoms with van der Waals surface area (Å²) in [5.74, 6) is -0.0614. The van der Waals surface area contributed by atoms with E-state index in [1.54, 1.807) is 12.1 Å². The Morgan fingerprint density at radius 3 is 2.22 bits per heavy atom. The summed E-state index contributed by atoms with van der Waals surface area (Å²) in [4.78, 5) is 3.58. The Morgan fingerprint density at radius 1 is 1.00 bits per heavy atom. The molecule has 0 radical (unpaired) electrons. The number of halogens is 4. The average Bonchev–Trinajstić information content (AvgIpc) is 2.38. The van der Waals surface area contributed by atoms with Crippen LogP contribution in [-0.4, -0.2) is 4.98 Å². The molecule has 0 saturated carbocycles. The molecule has 0 aliphatic rings. The molecule has 0 aliphatic carbocycles. The summed E-state index contributed by atoms with van der Waals surface area (Å²) in [6.45, 7) is 0. The van der Waals surface area contributed by atoms with Crippen LogP contribution in [0, 0.1) is 0 Å². The smallest absolute Gasteiger partial charge is 0.246 e. The minimum absolute atomic E-state index is 0.0614. The van der Waals surface area contributed by atoms with E-state index in [0.717, 1.165) is 11.6 Å². The number of hydrogen-bond donors (Lipinski definition) is 0. The molecule has 0 atom stereocenters. The molecule has 0 spiro atoms. The molecule has 18 heavy (non-hydrogen) atoms. The van der Waals surface area contributed by atoms with Gasteiger partial charge in [0, 0.05) is 5.56 Å². The van der Waals surface area contributed by atoms with Crippen LogP contribution in [0.3, 0.4) is 0 Å². The number of alkyl halides is 4. The standard InChI is InChI=1S/C13H9ClF3N/c14-8-11-10(9-4-2-1-3-5-9)6-7-12(18-11)13(15,16)17/h1-7H,8H2. The average molecular weight is 272 g/mol. The summed E-state index contributed by atoms with van der Waals surface area (Å²) < 4.78 is 37.6. The summed E-state index contributed by atoms with van der Waals surface area (Å²) in [5, 5.41) is 0. The number of hydrogen-bond acceptors (Lipinski definition) is 1. The van der Waals surface area contributed by atoms with Crippen LogP contribution in [0.1, 0.15) is 11.4 Å². The van der Waals surface area contributed by atoms with Crippen LogP contribution in [0.25, 0.3) is 11.1 Å². The van der Waals surface area contributed by atoms with Gasteiger partial charge in [0.15, 0.2) is 0 Å². The van der Waals surface area contributed by atoms with Crippen molar-refractivity contribution in [1.82, 2.24) is 4.98 Å². The lowest BCUT2D eigenvalue weighted by Gasteiger charge is -2.11. The Hall–Kier alpha value is -1.55. The highest BCUT2D eigenvalue weighted by Gasteiger charge is 2.32. The normalized spacial score (nSPS) is 11.6. The summed E-state index contributed by atoms with van der Waals surface area (Å²) >= 11 is 5.67. The molecule has 0 N–H and O–H groups in total. The van der Waals surface area contributed by atoms with E-state index in [1.165, 1.54) is 6.07 Å². The lowest BCUT2D eigenvalue weighted by atomic mass is 10.0.